The standard InChI is InChI=1S/C14H13N3O/c1-3-10-8-13(18)17(9-10)14-15-11-6-4-5-7-12(11)16(14)2/h1,4-7,10H,8-9H2,2H3. The molecule has 2 heterocycles. The van der Waals surface area contributed by atoms with Crippen LogP contribution in [0.1, 0.15) is 6.42 Å². The molecule has 0 N–H and O–H groups in total. The van der Waals surface area contributed by atoms with Gasteiger partial charge < -0.3 is 4.57 Å². The zero-order valence-electron chi connectivity index (χ0n) is 10.1. The zero-order chi connectivity index (χ0) is 12.7. The number of hydrogen-bond donors (Lipinski definition) is 0. The zero-order valence-corrected chi connectivity index (χ0v) is 10.1. The Labute approximate surface area is 105 Å². The van der Waals surface area contributed by atoms with E-state index in [0.717, 1.165) is 11.0 Å². The fourth-order valence-corrected chi connectivity index (χ4v) is 2.39. The maximum atomic E-state index is 12.0. The molecule has 1 aromatic carbocycles. The van der Waals surface area contributed by atoms with E-state index in [1.54, 1.807) is 4.90 Å². The maximum Gasteiger partial charge on any atom is 0.230 e. The molecule has 4 heteroatoms. The molecule has 0 saturated carbocycles. The monoisotopic (exact) mass is 239 g/mol. The third-order valence-corrected chi connectivity index (χ3v) is 3.37. The van der Waals surface area contributed by atoms with E-state index >= 15 is 0 Å². The van der Waals surface area contributed by atoms with Crippen molar-refractivity contribution in [2.45, 2.75) is 6.42 Å². The number of aromatic nitrogens is 2. The highest BCUT2D eigenvalue weighted by Gasteiger charge is 2.32. The van der Waals surface area contributed by atoms with E-state index in [9.17, 15) is 4.79 Å². The second kappa shape index (κ2) is 3.88. The van der Waals surface area contributed by atoms with Crippen LogP contribution >= 0.6 is 0 Å². The Bertz CT molecular complexity index is 665. The second-order valence-electron chi connectivity index (χ2n) is 4.53. The molecule has 1 saturated heterocycles. The molecule has 1 atom stereocenters. The minimum Gasteiger partial charge on any atom is -0.313 e. The Morgan fingerprint density at radius 2 is 2.22 bits per heavy atom. The van der Waals surface area contributed by atoms with Gasteiger partial charge in [-0.1, -0.05) is 12.1 Å². The van der Waals surface area contributed by atoms with Gasteiger partial charge in [-0.3, -0.25) is 9.69 Å². The number of rotatable bonds is 1. The smallest absolute Gasteiger partial charge is 0.230 e. The highest BCUT2D eigenvalue weighted by Crippen LogP contribution is 2.26. The first-order chi connectivity index (χ1) is 8.70. The number of para-hydroxylation sites is 2. The van der Waals surface area contributed by atoms with E-state index in [1.807, 2.05) is 35.9 Å². The van der Waals surface area contributed by atoms with Crippen LogP contribution in [0.15, 0.2) is 24.3 Å². The third-order valence-electron chi connectivity index (χ3n) is 3.37. The normalized spacial score (nSPS) is 19.4. The predicted octanol–water partition coefficient (Wildman–Crippen LogP) is 1.56. The van der Waals surface area contributed by atoms with Gasteiger partial charge in [0.15, 0.2) is 0 Å². The van der Waals surface area contributed by atoms with E-state index in [2.05, 4.69) is 10.9 Å². The van der Waals surface area contributed by atoms with Crippen molar-refractivity contribution in [1.29, 1.82) is 0 Å². The van der Waals surface area contributed by atoms with Gasteiger partial charge >= 0.3 is 0 Å². The Morgan fingerprint density at radius 3 is 2.89 bits per heavy atom. The molecule has 1 amide bonds. The summed E-state index contributed by atoms with van der Waals surface area (Å²) in [6, 6.07) is 7.84. The van der Waals surface area contributed by atoms with Crippen molar-refractivity contribution in [1.82, 2.24) is 9.55 Å². The molecular formula is C14H13N3O. The van der Waals surface area contributed by atoms with Crippen molar-refractivity contribution < 1.29 is 4.79 Å². The lowest BCUT2D eigenvalue weighted by molar-refractivity contribution is -0.117. The molecule has 0 spiro atoms. The summed E-state index contributed by atoms with van der Waals surface area (Å²) in [6.07, 6.45) is 5.81. The summed E-state index contributed by atoms with van der Waals surface area (Å²) in [5.74, 6) is 3.38. The van der Waals surface area contributed by atoms with Crippen molar-refractivity contribution in [3.05, 3.63) is 24.3 Å². The largest absolute Gasteiger partial charge is 0.313 e. The SMILES string of the molecule is C#CC1CC(=O)N(c2nc3ccccc3n2C)C1. The molecule has 1 aromatic heterocycles. The van der Waals surface area contributed by atoms with Gasteiger partial charge in [0.05, 0.1) is 11.0 Å². The number of carbonyl (C=O) groups is 1. The van der Waals surface area contributed by atoms with Crippen LogP contribution in [0.5, 0.6) is 0 Å². The lowest BCUT2D eigenvalue weighted by Gasteiger charge is -2.14. The van der Waals surface area contributed by atoms with Crippen molar-refractivity contribution >= 4 is 22.9 Å². The van der Waals surface area contributed by atoms with E-state index in [0.29, 0.717) is 18.9 Å². The van der Waals surface area contributed by atoms with E-state index < -0.39 is 0 Å². The quantitative estimate of drug-likeness (QED) is 0.708. The summed E-state index contributed by atoms with van der Waals surface area (Å²) in [5, 5.41) is 0. The number of nitrogens with zero attached hydrogens (tertiary/aromatic N) is 3. The third kappa shape index (κ3) is 1.48. The molecule has 1 unspecified atom stereocenters. The first-order valence-electron chi connectivity index (χ1n) is 5.88. The van der Waals surface area contributed by atoms with Gasteiger partial charge in [-0.2, -0.15) is 0 Å². The number of hydrogen-bond acceptors (Lipinski definition) is 2. The van der Waals surface area contributed by atoms with Crippen LogP contribution in [0.4, 0.5) is 5.95 Å². The van der Waals surface area contributed by atoms with Gasteiger partial charge in [-0.05, 0) is 12.1 Å². The molecule has 1 aliphatic rings. The molecule has 18 heavy (non-hydrogen) atoms. The highest BCUT2D eigenvalue weighted by molar-refractivity contribution is 5.96. The molecule has 0 radical (unpaired) electrons. The molecule has 90 valence electrons. The molecule has 0 bridgehead atoms. The predicted molar refractivity (Wildman–Crippen MR) is 70.0 cm³/mol. The number of carbonyl (C=O) groups excluding carboxylic acids is 1. The Balaban J connectivity index is 2.08. The summed E-state index contributed by atoms with van der Waals surface area (Å²) in [5.41, 5.74) is 1.91. The van der Waals surface area contributed by atoms with Crippen LogP contribution in [-0.4, -0.2) is 22.0 Å². The second-order valence-corrected chi connectivity index (χ2v) is 4.53. The van der Waals surface area contributed by atoms with Gasteiger partial charge in [0.1, 0.15) is 0 Å². The number of aryl methyl sites for hydroxylation is 1. The van der Waals surface area contributed by atoms with Crippen molar-refractivity contribution in [3.63, 3.8) is 0 Å². The van der Waals surface area contributed by atoms with Crippen LogP contribution in [0.25, 0.3) is 11.0 Å². The van der Waals surface area contributed by atoms with Crippen LogP contribution in [0, 0.1) is 18.3 Å². The van der Waals surface area contributed by atoms with Crippen molar-refractivity contribution in [2.24, 2.45) is 13.0 Å². The van der Waals surface area contributed by atoms with Crippen molar-refractivity contribution in [2.75, 3.05) is 11.4 Å². The van der Waals surface area contributed by atoms with Crippen LogP contribution < -0.4 is 4.90 Å². The van der Waals surface area contributed by atoms with Crippen molar-refractivity contribution in [3.8, 4) is 12.3 Å². The number of fused-ring (bicyclic) bond motifs is 1. The summed E-state index contributed by atoms with van der Waals surface area (Å²) < 4.78 is 1.94. The van der Waals surface area contributed by atoms with Crippen LogP contribution in [0.3, 0.4) is 0 Å². The minimum absolute atomic E-state index is 0.00249. The van der Waals surface area contributed by atoms with Crippen LogP contribution in [0.2, 0.25) is 0 Å². The first-order valence-corrected chi connectivity index (χ1v) is 5.88. The highest BCUT2D eigenvalue weighted by atomic mass is 16.2. The molecule has 1 aliphatic heterocycles. The molecule has 3 rings (SSSR count). The summed E-state index contributed by atoms with van der Waals surface area (Å²) in [6.45, 7) is 0.562. The molecule has 1 fully saturated rings. The number of benzene rings is 1. The summed E-state index contributed by atoms with van der Waals surface area (Å²) in [7, 11) is 1.92. The lowest BCUT2D eigenvalue weighted by Crippen LogP contribution is -2.27. The Kier molecular flexibility index (Phi) is 2.34. The van der Waals surface area contributed by atoms with Gasteiger partial charge in [-0.15, -0.1) is 12.3 Å². The van der Waals surface area contributed by atoms with Gasteiger partial charge in [0.25, 0.3) is 0 Å². The average molecular weight is 239 g/mol. The maximum absolute atomic E-state index is 12.0. The van der Waals surface area contributed by atoms with E-state index in [4.69, 9.17) is 6.42 Å². The average Bonchev–Trinajstić information content (AvgIpc) is 2.91. The number of terminal acetylenes is 1. The summed E-state index contributed by atoms with van der Waals surface area (Å²) >= 11 is 0. The van der Waals surface area contributed by atoms with Crippen LogP contribution in [-0.2, 0) is 11.8 Å². The van der Waals surface area contributed by atoms with E-state index in [1.165, 1.54) is 0 Å². The summed E-state index contributed by atoms with van der Waals surface area (Å²) in [4.78, 5) is 18.1. The molecular weight excluding hydrogens is 226 g/mol. The number of imidazole rings is 1. The minimum atomic E-state index is -0.00249. The number of amides is 1. The van der Waals surface area contributed by atoms with Gasteiger partial charge in [0.2, 0.25) is 11.9 Å². The van der Waals surface area contributed by atoms with Gasteiger partial charge in [-0.25, -0.2) is 4.98 Å². The topological polar surface area (TPSA) is 38.1 Å². The molecule has 2 aromatic rings. The van der Waals surface area contributed by atoms with Gasteiger partial charge in [0, 0.05) is 25.9 Å². The fraction of sp³-hybridized carbons (Fsp3) is 0.286. The first kappa shape index (κ1) is 10.8. The Hall–Kier alpha value is -2.28. The Morgan fingerprint density at radius 1 is 1.44 bits per heavy atom. The fourth-order valence-electron chi connectivity index (χ4n) is 2.39. The lowest BCUT2D eigenvalue weighted by atomic mass is 10.1. The number of anilines is 1. The molecule has 0 aliphatic carbocycles. The van der Waals surface area contributed by atoms with E-state index in [-0.39, 0.29) is 11.8 Å². The molecule has 4 nitrogen and oxygen atoms in total.